The van der Waals surface area contributed by atoms with Crippen LogP contribution < -0.4 is 88.0 Å². The molecule has 1 aromatic carbocycles. The molecule has 0 spiro atoms. The SMILES string of the molecule is CSCCC(NC(=O)C1CCCN1C(=O)CNC(=O)C(CCCCN)NC(=O)C(Cc1cnc[nH]1)NC(=O)C(CO)NC(=O)C(CC(C)C)NC(=O)C(CCCN=C(N)N)NC(=O)C1CCCN1C(=O)C(CCCN=C(N)N)NC(=O)C(N)CCC(N)=O)C(=O)N1CCCC1C(=O)NC(Cc1ccccc1)C(=O)O.O=C(O)C(F)(F)F.O=C(O)C(F)(F)F.O=C(O)C(F)(F)F. The van der Waals surface area contributed by atoms with Gasteiger partial charge in [0.15, 0.2) is 11.9 Å². The molecular formula is C75H114F9N23O22S. The van der Waals surface area contributed by atoms with Crippen LogP contribution in [0.2, 0.25) is 0 Å². The Balaban J connectivity index is 0.00000241. The van der Waals surface area contributed by atoms with Gasteiger partial charge in [0, 0.05) is 63.9 Å². The largest absolute Gasteiger partial charge is 0.490 e. The predicted octanol–water partition coefficient (Wildman–Crippen LogP) is -4.23. The number of carboxylic acid groups (broad SMARTS) is 4. The van der Waals surface area contributed by atoms with Gasteiger partial charge < -0.3 is 133 Å². The van der Waals surface area contributed by atoms with E-state index in [1.54, 1.807) is 44.2 Å². The highest BCUT2D eigenvalue weighted by atomic mass is 32.2. The van der Waals surface area contributed by atoms with Crippen LogP contribution in [0.3, 0.4) is 0 Å². The number of imidazole rings is 1. The van der Waals surface area contributed by atoms with Gasteiger partial charge in [0.05, 0.1) is 25.5 Å². The fraction of sp³-hybridized carbons (Fsp3) is 0.627. The number of hydrogen-bond acceptors (Lipinski definition) is 24. The molecule has 12 atom stereocenters. The Morgan fingerprint density at radius 2 is 0.923 bits per heavy atom. The van der Waals surface area contributed by atoms with E-state index in [0.29, 0.717) is 49.1 Å². The summed E-state index contributed by atoms with van der Waals surface area (Å²) in [6.45, 7) is 2.46. The topological polar surface area (TPSA) is 745 Å². The summed E-state index contributed by atoms with van der Waals surface area (Å²) in [5.74, 6) is -19.9. The van der Waals surface area contributed by atoms with Crippen LogP contribution in [-0.2, 0) is 94.3 Å². The van der Waals surface area contributed by atoms with Gasteiger partial charge in [-0.1, -0.05) is 44.2 Å². The second-order valence-electron chi connectivity index (χ2n) is 29.9. The van der Waals surface area contributed by atoms with E-state index in [1.807, 2.05) is 6.26 Å². The van der Waals surface area contributed by atoms with Crippen LogP contribution in [0.25, 0.3) is 0 Å². The number of nitrogens with zero attached hydrogens (tertiary/aromatic N) is 6. The number of aliphatic hydroxyl groups excluding tert-OH is 1. The van der Waals surface area contributed by atoms with Crippen LogP contribution in [0.15, 0.2) is 52.8 Å². The third kappa shape index (κ3) is 42.2. The quantitative estimate of drug-likeness (QED) is 0.0129. The Hall–Kier alpha value is -12.4. The summed E-state index contributed by atoms with van der Waals surface area (Å²) in [5.41, 5.74) is 40.2. The number of aliphatic imine (C=N–C) groups is 2. The number of nitrogens with two attached hydrogens (primary N) is 7. The maximum Gasteiger partial charge on any atom is 0.490 e. The number of aromatic nitrogens is 2. The fourth-order valence-corrected chi connectivity index (χ4v) is 13.4. The van der Waals surface area contributed by atoms with Gasteiger partial charge in [-0.25, -0.2) is 24.2 Å². The molecule has 3 aliphatic rings. The third-order valence-corrected chi connectivity index (χ3v) is 20.0. The van der Waals surface area contributed by atoms with Crippen molar-refractivity contribution in [3.8, 4) is 0 Å². The summed E-state index contributed by atoms with van der Waals surface area (Å²) >= 11 is 1.42. The number of aliphatic hydroxyl groups is 1. The number of nitrogens with one attached hydrogen (secondary N) is 10. The number of amides is 13. The van der Waals surface area contributed by atoms with Crippen molar-refractivity contribution in [1.82, 2.24) is 72.5 Å². The number of alkyl halides is 9. The lowest BCUT2D eigenvalue weighted by atomic mass is 10.0. The summed E-state index contributed by atoms with van der Waals surface area (Å²) < 4.78 is 95.2. The molecule has 130 heavy (non-hydrogen) atoms. The molecule has 730 valence electrons. The number of primary amides is 1. The van der Waals surface area contributed by atoms with E-state index in [2.05, 4.69) is 67.8 Å². The zero-order chi connectivity index (χ0) is 98.5. The second kappa shape index (κ2) is 56.8. The number of likely N-dealkylation sites (tertiary alicyclic amines) is 3. The predicted molar refractivity (Wildman–Crippen MR) is 442 cm³/mol. The Labute approximate surface area is 742 Å². The minimum absolute atomic E-state index is 0.00202. The fourth-order valence-electron chi connectivity index (χ4n) is 12.9. The van der Waals surface area contributed by atoms with Crippen molar-refractivity contribution in [2.24, 2.45) is 56.0 Å². The van der Waals surface area contributed by atoms with Crippen LogP contribution in [0, 0.1) is 5.92 Å². The molecule has 3 aliphatic heterocycles. The maximum atomic E-state index is 14.5. The molecule has 0 bridgehead atoms. The van der Waals surface area contributed by atoms with Crippen molar-refractivity contribution < 1.29 is 147 Å². The van der Waals surface area contributed by atoms with Crippen LogP contribution in [0.1, 0.15) is 134 Å². The average molecular weight is 1890 g/mol. The number of H-pyrrole nitrogens is 1. The monoisotopic (exact) mass is 1890 g/mol. The molecule has 4 heterocycles. The van der Waals surface area contributed by atoms with Crippen LogP contribution >= 0.6 is 11.8 Å². The van der Waals surface area contributed by atoms with Crippen LogP contribution in [-0.4, -0.2) is 318 Å². The molecular weight excluding hydrogens is 1780 g/mol. The van der Waals surface area contributed by atoms with Gasteiger partial charge in [0.25, 0.3) is 0 Å². The molecule has 29 N–H and O–H groups in total. The minimum atomic E-state index is -5.08. The molecule has 13 amide bonds. The molecule has 55 heteroatoms. The van der Waals surface area contributed by atoms with Gasteiger partial charge in [-0.15, -0.1) is 0 Å². The first-order valence-corrected chi connectivity index (χ1v) is 41.9. The maximum absolute atomic E-state index is 14.5. The van der Waals surface area contributed by atoms with Crippen molar-refractivity contribution in [3.63, 3.8) is 0 Å². The molecule has 2 aromatic rings. The summed E-state index contributed by atoms with van der Waals surface area (Å²) in [7, 11) is 0. The zero-order valence-electron chi connectivity index (χ0n) is 71.1. The molecule has 5 rings (SSSR count). The summed E-state index contributed by atoms with van der Waals surface area (Å²) in [6.07, 6.45) is -8.56. The van der Waals surface area contributed by atoms with E-state index < -0.39 is 205 Å². The number of halogens is 9. The van der Waals surface area contributed by atoms with Crippen molar-refractivity contribution in [3.05, 3.63) is 54.1 Å². The molecule has 1 aromatic heterocycles. The van der Waals surface area contributed by atoms with Gasteiger partial charge >= 0.3 is 42.4 Å². The molecule has 3 fully saturated rings. The number of carboxylic acids is 4. The van der Waals surface area contributed by atoms with Crippen molar-refractivity contribution in [2.75, 3.05) is 64.4 Å². The lowest BCUT2D eigenvalue weighted by molar-refractivity contribution is -0.193. The Bertz CT molecular complexity index is 4100. The Morgan fingerprint density at radius 3 is 1.37 bits per heavy atom. The second-order valence-corrected chi connectivity index (χ2v) is 30.9. The molecule has 0 saturated carbocycles. The lowest BCUT2D eigenvalue weighted by Crippen LogP contribution is -2.61. The highest BCUT2D eigenvalue weighted by molar-refractivity contribution is 7.98. The number of guanidine groups is 2. The number of thioether (sulfide) groups is 1. The van der Waals surface area contributed by atoms with Gasteiger partial charge in [-0.3, -0.25) is 72.3 Å². The Kier molecular flexibility index (Phi) is 49.6. The van der Waals surface area contributed by atoms with E-state index in [1.165, 1.54) is 39.0 Å². The first-order valence-electron chi connectivity index (χ1n) is 40.5. The molecule has 3 saturated heterocycles. The first kappa shape index (κ1) is 114. The van der Waals surface area contributed by atoms with Crippen molar-refractivity contribution in [1.29, 1.82) is 0 Å². The van der Waals surface area contributed by atoms with Crippen LogP contribution in [0.5, 0.6) is 0 Å². The van der Waals surface area contributed by atoms with E-state index >= 15 is 0 Å². The third-order valence-electron chi connectivity index (χ3n) is 19.3. The van der Waals surface area contributed by atoms with Gasteiger partial charge in [0.2, 0.25) is 76.8 Å². The van der Waals surface area contributed by atoms with Gasteiger partial charge in [0.1, 0.15) is 66.5 Å². The van der Waals surface area contributed by atoms with E-state index in [-0.39, 0.29) is 147 Å². The number of carbonyl (C=O) groups excluding carboxylic acids is 13. The van der Waals surface area contributed by atoms with Gasteiger partial charge in [-0.2, -0.15) is 51.3 Å². The zero-order valence-corrected chi connectivity index (χ0v) is 71.9. The first-order chi connectivity index (χ1) is 60.8. The number of aromatic amines is 1. The smallest absolute Gasteiger partial charge is 0.480 e. The molecule has 12 unspecified atom stereocenters. The number of benzene rings is 1. The standard InChI is InChI=1S/C69H111N23O16S.3C2HF3O2/c1-39(2)32-47(86-58(98)44(17-9-26-78-68(73)74)83-63(103)52-20-12-29-91(52)65(105)45(18-10-27-79-69(75)76)84-56(96)42(71)22-23-54(72)94)59(99)89-50(37-93)61(101)87-48(34-41-35-77-38-81-41)60(100)82-43(16-7-8-25-70)57(97)80-36-55(95)90-28-11-19-51(90)62(102)85-46(24-31-109-3)66(106)92-30-13-21-53(92)64(104)88-49(67(107)108)33-40-14-5-4-6-15-40;3*3-2(4,5)1(6)7/h4-6,14-15,35,38-39,42-53,93H,7-13,16-34,36-37,70-71H2,1-3H3,(H2,72,94)(H,77,81)(H,80,97)(H,82,100)(H,83,103)(H,84,96)(H,85,102)(H,86,98)(H,87,101)(H,88,104)(H,89,99)(H,107,108)(H4,73,74,78)(H4,75,76,79);3*(H,6,7). The van der Waals surface area contributed by atoms with Crippen molar-refractivity contribution in [2.45, 2.75) is 227 Å². The number of rotatable bonds is 47. The van der Waals surface area contributed by atoms with E-state index in [9.17, 15) is 117 Å². The number of aliphatic carboxylic acids is 4. The average Bonchev–Trinajstić information content (AvgIpc) is 1.66. The number of hydrogen-bond donors (Lipinski definition) is 22. The van der Waals surface area contributed by atoms with E-state index in [4.69, 9.17) is 69.8 Å². The lowest BCUT2D eigenvalue weighted by Gasteiger charge is -2.31. The van der Waals surface area contributed by atoms with Gasteiger partial charge in [-0.05, 0) is 133 Å². The normalized spacial score (nSPS) is 16.8. The molecule has 0 aliphatic carbocycles. The Morgan fingerprint density at radius 1 is 0.515 bits per heavy atom. The van der Waals surface area contributed by atoms with Crippen molar-refractivity contribution >= 4 is 124 Å². The van der Waals surface area contributed by atoms with Crippen LogP contribution in [0.4, 0.5) is 39.5 Å². The summed E-state index contributed by atoms with van der Waals surface area (Å²) in [5, 5.41) is 65.7. The number of carbonyl (C=O) groups is 17. The highest BCUT2D eigenvalue weighted by Gasteiger charge is 2.45. The van der Waals surface area contributed by atoms with E-state index in [0.717, 1.165) is 0 Å². The minimum Gasteiger partial charge on any atom is -0.480 e. The molecule has 0 radical (unpaired) electrons. The highest BCUT2D eigenvalue weighted by Crippen LogP contribution is 2.25. The molecule has 45 nitrogen and oxygen atoms in total. The number of unbranched alkanes of at least 4 members (excludes halogenated alkanes) is 1. The summed E-state index contributed by atoms with van der Waals surface area (Å²) in [4.78, 5) is 239. The summed E-state index contributed by atoms with van der Waals surface area (Å²) in [6, 6.07) is -6.85.